The summed E-state index contributed by atoms with van der Waals surface area (Å²) in [5, 5.41) is 39.7. The van der Waals surface area contributed by atoms with Crippen LogP contribution in [0.15, 0.2) is 0 Å². The summed E-state index contributed by atoms with van der Waals surface area (Å²) in [6, 6.07) is -0.969. The van der Waals surface area contributed by atoms with Gasteiger partial charge < -0.3 is 35.4 Å². The summed E-state index contributed by atoms with van der Waals surface area (Å²) < 4.78 is 0. The molecular weight excluding hydrogens is 240 g/mol. The predicted molar refractivity (Wildman–Crippen MR) is 66.1 cm³/mol. The molecule has 0 spiro atoms. The van der Waals surface area contributed by atoms with Crippen molar-refractivity contribution < 1.29 is 25.2 Å². The molecule has 0 aliphatic rings. The largest absolute Gasteiger partial charge is 0.394 e. The molecule has 0 radical (unpaired) electrons. The minimum Gasteiger partial charge on any atom is -0.394 e. The third kappa shape index (κ3) is 6.39. The van der Waals surface area contributed by atoms with Crippen LogP contribution in [0.5, 0.6) is 0 Å². The highest BCUT2D eigenvalue weighted by atomic mass is 16.4. The van der Waals surface area contributed by atoms with Gasteiger partial charge in [0.2, 0.25) is 0 Å². The topological polar surface area (TPSA) is 113 Å². The first-order valence-electron chi connectivity index (χ1n) is 5.92. The van der Waals surface area contributed by atoms with Gasteiger partial charge in [-0.05, 0) is 33.6 Å². The molecule has 7 nitrogen and oxygen atoms in total. The maximum atomic E-state index is 10.8. The van der Waals surface area contributed by atoms with Crippen molar-refractivity contribution in [2.24, 2.45) is 0 Å². The Morgan fingerprint density at radius 1 is 1.22 bits per heavy atom. The molecule has 0 aromatic rings. The van der Waals surface area contributed by atoms with Gasteiger partial charge in [-0.1, -0.05) is 0 Å². The number of nitrogens with zero attached hydrogens (tertiary/aromatic N) is 1. The fourth-order valence-corrected chi connectivity index (χ4v) is 1.46. The Hall–Kier alpha value is -0.570. The SMILES string of the molecule is CN(C)CCCN[C@@H](C=O)[C@@H](O)[C@H](O)[C@H](O)CO. The molecule has 5 N–H and O–H groups in total. The van der Waals surface area contributed by atoms with Crippen molar-refractivity contribution in [1.82, 2.24) is 10.2 Å². The number of rotatable bonds is 10. The standard InChI is InChI=1S/C11H24N2O5/c1-13(2)5-3-4-12-8(6-14)10(17)11(18)9(16)7-15/h6,8-12,15-18H,3-5,7H2,1-2H3/t8-,9+,10+,11+/m0/s1. The number of hydrogen-bond acceptors (Lipinski definition) is 7. The monoisotopic (exact) mass is 264 g/mol. The summed E-state index contributed by atoms with van der Waals surface area (Å²) in [7, 11) is 3.85. The molecule has 108 valence electrons. The molecule has 0 aromatic carbocycles. The van der Waals surface area contributed by atoms with Crippen LogP contribution in [0.2, 0.25) is 0 Å². The van der Waals surface area contributed by atoms with Gasteiger partial charge in [0.25, 0.3) is 0 Å². The lowest BCUT2D eigenvalue weighted by Crippen LogP contribution is -2.52. The molecule has 7 heteroatoms. The highest BCUT2D eigenvalue weighted by molar-refractivity contribution is 5.58. The van der Waals surface area contributed by atoms with Gasteiger partial charge >= 0.3 is 0 Å². The molecule has 0 amide bonds. The van der Waals surface area contributed by atoms with Gasteiger partial charge in [0, 0.05) is 0 Å². The van der Waals surface area contributed by atoms with E-state index in [1.165, 1.54) is 0 Å². The summed E-state index contributed by atoms with van der Waals surface area (Å²) in [4.78, 5) is 12.8. The first-order chi connectivity index (χ1) is 8.43. The van der Waals surface area contributed by atoms with Crippen LogP contribution in [0, 0.1) is 0 Å². The van der Waals surface area contributed by atoms with Crippen LogP contribution in [0.1, 0.15) is 6.42 Å². The summed E-state index contributed by atoms with van der Waals surface area (Å²) in [5.74, 6) is 0. The molecule has 0 aliphatic carbocycles. The highest BCUT2D eigenvalue weighted by Crippen LogP contribution is 2.03. The maximum Gasteiger partial charge on any atom is 0.139 e. The first kappa shape index (κ1) is 17.4. The van der Waals surface area contributed by atoms with E-state index in [4.69, 9.17) is 5.11 Å². The van der Waals surface area contributed by atoms with Crippen LogP contribution >= 0.6 is 0 Å². The van der Waals surface area contributed by atoms with Crippen molar-refractivity contribution in [1.29, 1.82) is 0 Å². The van der Waals surface area contributed by atoms with Crippen molar-refractivity contribution in [2.45, 2.75) is 30.8 Å². The van der Waals surface area contributed by atoms with Crippen LogP contribution in [0.3, 0.4) is 0 Å². The minimum absolute atomic E-state index is 0.480. The molecular formula is C11H24N2O5. The Kier molecular flexibility index (Phi) is 9.08. The van der Waals surface area contributed by atoms with E-state index >= 15 is 0 Å². The van der Waals surface area contributed by atoms with Gasteiger partial charge in [-0.2, -0.15) is 0 Å². The van der Waals surface area contributed by atoms with Gasteiger partial charge in [0.05, 0.1) is 12.6 Å². The smallest absolute Gasteiger partial charge is 0.139 e. The average Bonchev–Trinajstić information content (AvgIpc) is 2.36. The Morgan fingerprint density at radius 2 is 1.83 bits per heavy atom. The van der Waals surface area contributed by atoms with Crippen LogP contribution in [0.25, 0.3) is 0 Å². The van der Waals surface area contributed by atoms with Crippen LogP contribution in [-0.4, -0.2) is 89.8 Å². The molecule has 0 saturated carbocycles. The second-order valence-corrected chi connectivity index (χ2v) is 4.50. The fraction of sp³-hybridized carbons (Fsp3) is 0.909. The van der Waals surface area contributed by atoms with Crippen molar-refractivity contribution >= 4 is 6.29 Å². The van der Waals surface area contributed by atoms with Crippen molar-refractivity contribution in [3.8, 4) is 0 Å². The Labute approximate surface area is 107 Å². The minimum atomic E-state index is -1.56. The maximum absolute atomic E-state index is 10.8. The number of carbonyl (C=O) groups excluding carboxylic acids is 1. The summed E-state index contributed by atoms with van der Waals surface area (Å²) in [6.45, 7) is 0.654. The molecule has 18 heavy (non-hydrogen) atoms. The number of aliphatic hydroxyl groups excluding tert-OH is 4. The van der Waals surface area contributed by atoms with Crippen LogP contribution in [-0.2, 0) is 4.79 Å². The predicted octanol–water partition coefficient (Wildman–Crippen LogP) is -2.83. The molecule has 0 rings (SSSR count). The van der Waals surface area contributed by atoms with E-state index in [9.17, 15) is 20.1 Å². The third-order valence-electron chi connectivity index (χ3n) is 2.61. The molecule has 0 aromatic heterocycles. The summed E-state index contributed by atoms with van der Waals surface area (Å²) in [6.07, 6.45) is -3.22. The summed E-state index contributed by atoms with van der Waals surface area (Å²) in [5.41, 5.74) is 0. The van der Waals surface area contributed by atoms with E-state index in [1.54, 1.807) is 0 Å². The van der Waals surface area contributed by atoms with Crippen LogP contribution < -0.4 is 5.32 Å². The van der Waals surface area contributed by atoms with E-state index in [2.05, 4.69) is 5.32 Å². The van der Waals surface area contributed by atoms with Gasteiger partial charge in [-0.15, -0.1) is 0 Å². The number of aliphatic hydroxyl groups is 4. The van der Waals surface area contributed by atoms with E-state index in [-0.39, 0.29) is 0 Å². The fourth-order valence-electron chi connectivity index (χ4n) is 1.46. The molecule has 4 atom stereocenters. The van der Waals surface area contributed by atoms with Gasteiger partial charge in [0.1, 0.15) is 24.6 Å². The Morgan fingerprint density at radius 3 is 2.28 bits per heavy atom. The number of nitrogens with one attached hydrogen (secondary N) is 1. The normalized spacial score (nSPS) is 18.4. The Bertz CT molecular complexity index is 227. The molecule has 0 bridgehead atoms. The van der Waals surface area contributed by atoms with Crippen molar-refractivity contribution in [3.63, 3.8) is 0 Å². The lowest BCUT2D eigenvalue weighted by atomic mass is 10.0. The molecule has 0 unspecified atom stereocenters. The number of aldehydes is 1. The summed E-state index contributed by atoms with van der Waals surface area (Å²) >= 11 is 0. The van der Waals surface area contributed by atoms with E-state index < -0.39 is 31.0 Å². The van der Waals surface area contributed by atoms with Crippen molar-refractivity contribution in [3.05, 3.63) is 0 Å². The zero-order chi connectivity index (χ0) is 14.1. The third-order valence-corrected chi connectivity index (χ3v) is 2.61. The van der Waals surface area contributed by atoms with E-state index in [0.29, 0.717) is 12.8 Å². The molecule has 0 heterocycles. The zero-order valence-electron chi connectivity index (χ0n) is 10.9. The van der Waals surface area contributed by atoms with Crippen molar-refractivity contribution in [2.75, 3.05) is 33.8 Å². The average molecular weight is 264 g/mol. The second kappa shape index (κ2) is 9.37. The zero-order valence-corrected chi connectivity index (χ0v) is 10.9. The molecule has 0 saturated heterocycles. The van der Waals surface area contributed by atoms with Gasteiger partial charge in [-0.25, -0.2) is 0 Å². The quantitative estimate of drug-likeness (QED) is 0.213. The van der Waals surface area contributed by atoms with E-state index in [0.717, 1.165) is 13.0 Å². The first-order valence-corrected chi connectivity index (χ1v) is 5.92. The van der Waals surface area contributed by atoms with Gasteiger partial charge in [0.15, 0.2) is 0 Å². The number of carbonyl (C=O) groups is 1. The van der Waals surface area contributed by atoms with Crippen LogP contribution in [0.4, 0.5) is 0 Å². The Balaban J connectivity index is 4.10. The highest BCUT2D eigenvalue weighted by Gasteiger charge is 2.30. The lowest BCUT2D eigenvalue weighted by Gasteiger charge is -2.26. The molecule has 0 fully saturated rings. The number of hydrogen-bond donors (Lipinski definition) is 5. The molecule has 0 aliphatic heterocycles. The lowest BCUT2D eigenvalue weighted by molar-refractivity contribution is -0.120. The van der Waals surface area contributed by atoms with E-state index in [1.807, 2.05) is 19.0 Å². The second-order valence-electron chi connectivity index (χ2n) is 4.50. The van der Waals surface area contributed by atoms with Gasteiger partial charge in [-0.3, -0.25) is 0 Å².